The standard InChI is InChI=1S/C19H24Si/c1-16(2)15-20(17-9-3-4-10-17,18-11-5-6-12-18)19-13-7-8-14-19/h3-14,16-19H,15H2,1-2H3. The van der Waals surface area contributed by atoms with Crippen molar-refractivity contribution >= 4 is 8.07 Å². The zero-order valence-electron chi connectivity index (χ0n) is 12.4. The van der Waals surface area contributed by atoms with Crippen LogP contribution in [0.4, 0.5) is 0 Å². The first kappa shape index (κ1) is 13.6. The van der Waals surface area contributed by atoms with E-state index in [2.05, 4.69) is 86.8 Å². The minimum Gasteiger partial charge on any atom is -0.0803 e. The van der Waals surface area contributed by atoms with E-state index in [0.29, 0.717) is 16.6 Å². The van der Waals surface area contributed by atoms with Crippen LogP contribution in [-0.4, -0.2) is 8.07 Å². The summed E-state index contributed by atoms with van der Waals surface area (Å²) in [7, 11) is -1.58. The Morgan fingerprint density at radius 3 is 1.20 bits per heavy atom. The summed E-state index contributed by atoms with van der Waals surface area (Å²) in [6, 6.07) is 1.38. The molecule has 0 fully saturated rings. The predicted octanol–water partition coefficient (Wildman–Crippen LogP) is 5.58. The zero-order valence-corrected chi connectivity index (χ0v) is 13.4. The quantitative estimate of drug-likeness (QED) is 0.577. The fourth-order valence-electron chi connectivity index (χ4n) is 4.15. The van der Waals surface area contributed by atoms with Crippen LogP contribution >= 0.6 is 0 Å². The highest BCUT2D eigenvalue weighted by molar-refractivity contribution is 6.86. The molecule has 0 heterocycles. The van der Waals surface area contributed by atoms with Gasteiger partial charge in [0.2, 0.25) is 0 Å². The topological polar surface area (TPSA) is 0 Å². The average Bonchev–Trinajstić information content (AvgIpc) is 3.15. The molecule has 0 aromatic carbocycles. The van der Waals surface area contributed by atoms with Gasteiger partial charge in [-0.2, -0.15) is 0 Å². The van der Waals surface area contributed by atoms with Gasteiger partial charge in [-0.05, 0) is 22.5 Å². The van der Waals surface area contributed by atoms with Crippen molar-refractivity contribution < 1.29 is 0 Å². The van der Waals surface area contributed by atoms with Crippen molar-refractivity contribution in [2.24, 2.45) is 5.92 Å². The summed E-state index contributed by atoms with van der Waals surface area (Å²) in [5.74, 6) is 0.758. The van der Waals surface area contributed by atoms with Gasteiger partial charge in [0.15, 0.2) is 0 Å². The minimum atomic E-state index is -1.58. The lowest BCUT2D eigenvalue weighted by molar-refractivity contribution is 0.703. The van der Waals surface area contributed by atoms with E-state index in [1.165, 1.54) is 6.04 Å². The van der Waals surface area contributed by atoms with Gasteiger partial charge in [0.25, 0.3) is 0 Å². The fourth-order valence-corrected chi connectivity index (χ4v) is 10.5. The van der Waals surface area contributed by atoms with Gasteiger partial charge in [-0.15, -0.1) is 0 Å². The molecule has 0 spiro atoms. The summed E-state index contributed by atoms with van der Waals surface area (Å²) in [4.78, 5) is 0. The molecule has 3 rings (SSSR count). The van der Waals surface area contributed by atoms with Crippen LogP contribution in [0.1, 0.15) is 13.8 Å². The van der Waals surface area contributed by atoms with E-state index in [1.54, 1.807) is 0 Å². The van der Waals surface area contributed by atoms with E-state index in [-0.39, 0.29) is 0 Å². The second-order valence-electron chi connectivity index (χ2n) is 6.60. The van der Waals surface area contributed by atoms with Crippen molar-refractivity contribution in [2.45, 2.75) is 36.5 Å². The largest absolute Gasteiger partial charge is 0.0867 e. The Morgan fingerprint density at radius 2 is 0.950 bits per heavy atom. The summed E-state index contributed by atoms with van der Waals surface area (Å²) >= 11 is 0. The van der Waals surface area contributed by atoms with Gasteiger partial charge < -0.3 is 0 Å². The molecule has 1 heteroatoms. The van der Waals surface area contributed by atoms with E-state index < -0.39 is 8.07 Å². The van der Waals surface area contributed by atoms with Crippen molar-refractivity contribution in [1.82, 2.24) is 0 Å². The van der Waals surface area contributed by atoms with Crippen LogP contribution in [0.3, 0.4) is 0 Å². The highest BCUT2D eigenvalue weighted by Crippen LogP contribution is 2.53. The first-order valence-electron chi connectivity index (χ1n) is 7.78. The molecule has 104 valence electrons. The second-order valence-corrected chi connectivity index (χ2v) is 11.2. The minimum absolute atomic E-state index is 0.666. The van der Waals surface area contributed by atoms with Crippen molar-refractivity contribution in [1.29, 1.82) is 0 Å². The van der Waals surface area contributed by atoms with Gasteiger partial charge in [-0.3, -0.25) is 0 Å². The van der Waals surface area contributed by atoms with Gasteiger partial charge in [0.05, 0.1) is 8.07 Å². The Kier molecular flexibility index (Phi) is 3.80. The Labute approximate surface area is 124 Å². The van der Waals surface area contributed by atoms with Crippen LogP contribution in [0, 0.1) is 5.92 Å². The Hall–Kier alpha value is -1.34. The van der Waals surface area contributed by atoms with Gasteiger partial charge in [0, 0.05) is 0 Å². The SMILES string of the molecule is CC(C)C[Si](C1C=CC=C1)(C1C=CC=C1)C1C=CC=C1. The average molecular weight is 280 g/mol. The number of hydrogen-bond acceptors (Lipinski definition) is 0. The molecule has 0 unspecified atom stereocenters. The molecule has 0 N–H and O–H groups in total. The molecule has 3 aliphatic rings. The Bertz CT molecular complexity index is 423. The third kappa shape index (κ3) is 2.24. The maximum absolute atomic E-state index is 2.45. The van der Waals surface area contributed by atoms with E-state index in [9.17, 15) is 0 Å². The predicted molar refractivity (Wildman–Crippen MR) is 91.5 cm³/mol. The first-order chi connectivity index (χ1) is 9.73. The van der Waals surface area contributed by atoms with Gasteiger partial charge in [-0.1, -0.05) is 92.8 Å². The van der Waals surface area contributed by atoms with Crippen LogP contribution in [0.15, 0.2) is 72.9 Å². The lowest BCUT2D eigenvalue weighted by Crippen LogP contribution is -2.46. The van der Waals surface area contributed by atoms with Crippen molar-refractivity contribution in [3.63, 3.8) is 0 Å². The Balaban J connectivity index is 2.06. The third-order valence-corrected chi connectivity index (χ3v) is 11.3. The molecule has 0 nitrogen and oxygen atoms in total. The molecule has 0 aliphatic heterocycles. The summed E-state index contributed by atoms with van der Waals surface area (Å²) < 4.78 is 0. The lowest BCUT2D eigenvalue weighted by Gasteiger charge is -2.44. The molecule has 0 atom stereocenters. The van der Waals surface area contributed by atoms with E-state index in [4.69, 9.17) is 0 Å². The van der Waals surface area contributed by atoms with Crippen LogP contribution < -0.4 is 0 Å². The summed E-state index contributed by atoms with van der Waals surface area (Å²) in [6.45, 7) is 4.77. The van der Waals surface area contributed by atoms with Crippen molar-refractivity contribution in [3.05, 3.63) is 72.9 Å². The van der Waals surface area contributed by atoms with Crippen LogP contribution in [0.5, 0.6) is 0 Å². The zero-order chi connectivity index (χ0) is 14.0. The normalized spacial score (nSPS) is 22.4. The van der Waals surface area contributed by atoms with Crippen LogP contribution in [0.2, 0.25) is 22.7 Å². The smallest absolute Gasteiger partial charge is 0.0803 e. The molecular weight excluding hydrogens is 256 g/mol. The maximum Gasteiger partial charge on any atom is 0.0867 e. The molecule has 0 amide bonds. The molecule has 0 aromatic heterocycles. The third-order valence-electron chi connectivity index (χ3n) is 4.87. The molecular formula is C19H24Si. The van der Waals surface area contributed by atoms with Gasteiger partial charge in [-0.25, -0.2) is 0 Å². The second kappa shape index (κ2) is 5.57. The molecule has 0 bridgehead atoms. The van der Waals surface area contributed by atoms with Crippen LogP contribution in [-0.2, 0) is 0 Å². The van der Waals surface area contributed by atoms with Gasteiger partial charge >= 0.3 is 0 Å². The van der Waals surface area contributed by atoms with E-state index >= 15 is 0 Å². The summed E-state index contributed by atoms with van der Waals surface area (Å²) in [5, 5.41) is 0. The highest BCUT2D eigenvalue weighted by Gasteiger charge is 2.49. The number of hydrogen-bond donors (Lipinski definition) is 0. The van der Waals surface area contributed by atoms with Crippen molar-refractivity contribution in [2.75, 3.05) is 0 Å². The first-order valence-corrected chi connectivity index (χ1v) is 10.2. The molecule has 0 saturated heterocycles. The number of rotatable bonds is 5. The van der Waals surface area contributed by atoms with Gasteiger partial charge in [0.1, 0.15) is 0 Å². The lowest BCUT2D eigenvalue weighted by atomic mass is 10.3. The molecule has 20 heavy (non-hydrogen) atoms. The summed E-state index contributed by atoms with van der Waals surface area (Å²) in [5.41, 5.74) is 2.00. The van der Waals surface area contributed by atoms with E-state index in [0.717, 1.165) is 5.92 Å². The molecule has 0 radical (unpaired) electrons. The Morgan fingerprint density at radius 1 is 0.650 bits per heavy atom. The van der Waals surface area contributed by atoms with E-state index in [1.807, 2.05) is 0 Å². The monoisotopic (exact) mass is 280 g/mol. The highest BCUT2D eigenvalue weighted by atomic mass is 28.3. The maximum atomic E-state index is 2.45. The van der Waals surface area contributed by atoms with Crippen LogP contribution in [0.25, 0.3) is 0 Å². The van der Waals surface area contributed by atoms with Crippen molar-refractivity contribution in [3.8, 4) is 0 Å². The number of allylic oxidation sites excluding steroid dienone is 12. The molecule has 0 aromatic rings. The molecule has 0 saturated carbocycles. The molecule has 3 aliphatic carbocycles. The fraction of sp³-hybridized carbons (Fsp3) is 0.368. The summed E-state index contributed by atoms with van der Waals surface area (Å²) in [6.07, 6.45) is 28.2.